The molecular formula is C39H44F2N6O8S. The first-order valence-electron chi connectivity index (χ1n) is 18.0. The number of carbonyl (C=O) groups excluding carboxylic acids is 3. The number of carbonyl (C=O) groups is 3. The van der Waals surface area contributed by atoms with Crippen LogP contribution in [0.1, 0.15) is 90.4 Å². The van der Waals surface area contributed by atoms with E-state index in [4.69, 9.17) is 4.74 Å². The van der Waals surface area contributed by atoms with Gasteiger partial charge in [0.25, 0.3) is 27.4 Å². The van der Waals surface area contributed by atoms with Crippen LogP contribution >= 0.6 is 0 Å². The summed E-state index contributed by atoms with van der Waals surface area (Å²) in [6.45, 7) is 8.57. The van der Waals surface area contributed by atoms with Crippen LogP contribution in [-0.2, 0) is 33.0 Å². The normalized spacial score (nSPS) is 14.1. The quantitative estimate of drug-likeness (QED) is 0.185. The number of aromatic nitrogens is 3. The summed E-state index contributed by atoms with van der Waals surface area (Å²) in [6.07, 6.45) is 4.44. The number of nitrogens with one attached hydrogen (secondary N) is 3. The highest BCUT2D eigenvalue weighted by Gasteiger charge is 2.29. The number of sulfonamides is 1. The molecule has 1 fully saturated rings. The third-order valence-electron chi connectivity index (χ3n) is 9.42. The largest absolute Gasteiger partial charge is 0.461 e. The number of hydrogen-bond donors (Lipinski definition) is 3. The molecule has 2 aromatic heterocycles. The fourth-order valence-electron chi connectivity index (χ4n) is 6.14. The molecule has 2 aromatic carbocycles. The Labute approximate surface area is 322 Å². The van der Waals surface area contributed by atoms with Crippen molar-refractivity contribution in [1.82, 2.24) is 24.8 Å². The van der Waals surface area contributed by atoms with Gasteiger partial charge < -0.3 is 19.9 Å². The van der Waals surface area contributed by atoms with Crippen LogP contribution in [0.15, 0.2) is 69.3 Å². The van der Waals surface area contributed by atoms with Gasteiger partial charge in [-0.25, -0.2) is 27.9 Å². The Balaban J connectivity index is 1.36. The Morgan fingerprint density at radius 1 is 0.946 bits per heavy atom. The number of ether oxygens (including phenoxy) is 1. The second-order valence-corrected chi connectivity index (χ2v) is 16.4. The molecule has 56 heavy (non-hydrogen) atoms. The van der Waals surface area contributed by atoms with E-state index in [1.807, 2.05) is 4.72 Å². The summed E-state index contributed by atoms with van der Waals surface area (Å²) in [5.74, 6) is -5.06. The van der Waals surface area contributed by atoms with Gasteiger partial charge in [0.2, 0.25) is 0 Å². The molecule has 0 radical (unpaired) electrons. The number of esters is 1. The third-order valence-corrected chi connectivity index (χ3v) is 10.7. The third kappa shape index (κ3) is 9.56. The minimum atomic E-state index is -4.57. The van der Waals surface area contributed by atoms with Gasteiger partial charge in [0.05, 0.1) is 22.5 Å². The molecule has 3 N–H and O–H groups in total. The molecule has 298 valence electrons. The maximum absolute atomic E-state index is 15.4. The molecule has 1 atom stereocenters. The summed E-state index contributed by atoms with van der Waals surface area (Å²) < 4.78 is 66.8. The standard InChI is InChI=1S/C39H44F2N6O8S/c1-22-23(2)46(6)38(52)47(36(22)50)26-15-12-24(13-16-26)18-32(37(51)55-27-10-8-7-9-11-27)43-35(49)28-19-30(41)31(20-29(28)40)45-56(53,54)33-17-14-25(21-42-33)34(48)44-39(3,4)5/h12-17,19-21,27,32,45H,7-11,18H2,1-6H3,(H,43,49)(H,44,48)/t32-/m0/s1. The molecule has 4 aromatic rings. The van der Waals surface area contributed by atoms with Crippen molar-refractivity contribution < 1.29 is 36.3 Å². The van der Waals surface area contributed by atoms with Gasteiger partial charge in [-0.3, -0.25) is 19.1 Å². The SMILES string of the molecule is Cc1c(C)n(C)c(=O)n(-c2ccc(C[C@H](NC(=O)c3cc(F)c(NS(=O)(=O)c4ccc(C(=O)NC(C)(C)C)cn4)cc3F)C(=O)OC3CCCCC3)cc2)c1=O. The van der Waals surface area contributed by atoms with Crippen LogP contribution < -0.4 is 26.6 Å². The fraction of sp³-hybridized carbons (Fsp3) is 0.385. The minimum absolute atomic E-state index is 0.0747. The zero-order valence-corrected chi connectivity index (χ0v) is 32.7. The van der Waals surface area contributed by atoms with Crippen LogP contribution in [0.4, 0.5) is 14.5 Å². The number of pyridine rings is 1. The second kappa shape index (κ2) is 16.6. The van der Waals surface area contributed by atoms with E-state index >= 15 is 8.78 Å². The average molecular weight is 795 g/mol. The van der Waals surface area contributed by atoms with Crippen molar-refractivity contribution in [3.8, 4) is 5.69 Å². The smallest absolute Gasteiger partial charge is 0.335 e. The van der Waals surface area contributed by atoms with Gasteiger partial charge in [0.15, 0.2) is 5.03 Å². The maximum Gasteiger partial charge on any atom is 0.335 e. The van der Waals surface area contributed by atoms with Crippen molar-refractivity contribution in [2.75, 3.05) is 4.72 Å². The number of benzene rings is 2. The topological polar surface area (TPSA) is 188 Å². The van der Waals surface area contributed by atoms with Crippen LogP contribution in [0.5, 0.6) is 0 Å². The van der Waals surface area contributed by atoms with Crippen LogP contribution in [-0.4, -0.2) is 58.0 Å². The molecule has 0 saturated heterocycles. The van der Waals surface area contributed by atoms with Crippen molar-refractivity contribution in [2.24, 2.45) is 7.05 Å². The van der Waals surface area contributed by atoms with E-state index in [2.05, 4.69) is 15.6 Å². The highest BCUT2D eigenvalue weighted by Crippen LogP contribution is 2.24. The van der Waals surface area contributed by atoms with Crippen molar-refractivity contribution >= 4 is 33.5 Å². The second-order valence-electron chi connectivity index (χ2n) is 14.8. The molecule has 0 aliphatic heterocycles. The molecule has 1 saturated carbocycles. The van der Waals surface area contributed by atoms with Gasteiger partial charge in [-0.1, -0.05) is 18.6 Å². The molecule has 2 amide bonds. The summed E-state index contributed by atoms with van der Waals surface area (Å²) in [4.78, 5) is 69.0. The molecule has 17 heteroatoms. The predicted octanol–water partition coefficient (Wildman–Crippen LogP) is 4.37. The van der Waals surface area contributed by atoms with Crippen LogP contribution in [0.25, 0.3) is 5.69 Å². The summed E-state index contributed by atoms with van der Waals surface area (Å²) in [7, 11) is -3.02. The van der Waals surface area contributed by atoms with Crippen LogP contribution in [0, 0.1) is 25.5 Å². The summed E-state index contributed by atoms with van der Waals surface area (Å²) in [6, 6.07) is 8.01. The summed E-state index contributed by atoms with van der Waals surface area (Å²) in [5, 5.41) is 4.57. The Hall–Kier alpha value is -5.71. The van der Waals surface area contributed by atoms with Crippen molar-refractivity contribution in [3.05, 3.63) is 115 Å². The minimum Gasteiger partial charge on any atom is -0.461 e. The zero-order chi connectivity index (χ0) is 41.1. The van der Waals surface area contributed by atoms with Gasteiger partial charge in [0.1, 0.15) is 23.8 Å². The average Bonchev–Trinajstić information content (AvgIpc) is 3.14. The van der Waals surface area contributed by atoms with E-state index in [-0.39, 0.29) is 17.7 Å². The molecular weight excluding hydrogens is 751 g/mol. The molecule has 2 heterocycles. The molecule has 0 spiro atoms. The number of nitrogens with zero attached hydrogens (tertiary/aromatic N) is 3. The Morgan fingerprint density at radius 3 is 2.21 bits per heavy atom. The molecule has 0 bridgehead atoms. The lowest BCUT2D eigenvalue weighted by molar-refractivity contribution is -0.152. The van der Waals surface area contributed by atoms with E-state index in [0.717, 1.165) is 36.1 Å². The first kappa shape index (κ1) is 41.5. The van der Waals surface area contributed by atoms with Crippen molar-refractivity contribution in [3.63, 3.8) is 0 Å². The highest BCUT2D eigenvalue weighted by molar-refractivity contribution is 7.92. The Kier molecular flexibility index (Phi) is 12.3. The lowest BCUT2D eigenvalue weighted by atomic mass is 9.97. The number of anilines is 1. The Morgan fingerprint density at radius 2 is 1.61 bits per heavy atom. The van der Waals surface area contributed by atoms with Crippen molar-refractivity contribution in [1.29, 1.82) is 0 Å². The molecule has 5 rings (SSSR count). The zero-order valence-electron chi connectivity index (χ0n) is 31.9. The highest BCUT2D eigenvalue weighted by atomic mass is 32.2. The number of hydrogen-bond acceptors (Lipinski definition) is 9. The monoisotopic (exact) mass is 794 g/mol. The molecule has 0 unspecified atom stereocenters. The molecule has 1 aliphatic rings. The number of amides is 2. The van der Waals surface area contributed by atoms with E-state index in [1.165, 1.54) is 22.8 Å². The van der Waals surface area contributed by atoms with Gasteiger partial charge in [-0.2, -0.15) is 8.42 Å². The summed E-state index contributed by atoms with van der Waals surface area (Å²) >= 11 is 0. The number of halogens is 2. The maximum atomic E-state index is 15.4. The van der Waals surface area contributed by atoms with Gasteiger partial charge in [0, 0.05) is 42.5 Å². The van der Waals surface area contributed by atoms with E-state index in [0.29, 0.717) is 41.8 Å². The van der Waals surface area contributed by atoms with Gasteiger partial charge >= 0.3 is 11.7 Å². The van der Waals surface area contributed by atoms with E-state index in [9.17, 15) is 32.4 Å². The predicted molar refractivity (Wildman–Crippen MR) is 203 cm³/mol. The molecule has 1 aliphatic carbocycles. The van der Waals surface area contributed by atoms with Crippen LogP contribution in [0.3, 0.4) is 0 Å². The van der Waals surface area contributed by atoms with Crippen LogP contribution in [0.2, 0.25) is 0 Å². The van der Waals surface area contributed by atoms with Gasteiger partial charge in [-0.15, -0.1) is 0 Å². The van der Waals surface area contributed by atoms with Gasteiger partial charge in [-0.05, 0) is 96.2 Å². The Bertz CT molecular complexity index is 2350. The van der Waals surface area contributed by atoms with E-state index < -0.39 is 84.7 Å². The lowest BCUT2D eigenvalue weighted by Gasteiger charge is -2.25. The van der Waals surface area contributed by atoms with Crippen molar-refractivity contribution in [2.45, 2.75) is 95.9 Å². The number of rotatable bonds is 11. The summed E-state index contributed by atoms with van der Waals surface area (Å²) in [5.41, 5.74) is -1.47. The first-order valence-corrected chi connectivity index (χ1v) is 19.4. The lowest BCUT2D eigenvalue weighted by Crippen LogP contribution is -2.45. The first-order chi connectivity index (χ1) is 26.3. The fourth-order valence-corrected chi connectivity index (χ4v) is 7.13. The molecule has 14 nitrogen and oxygen atoms in total. The van der Waals surface area contributed by atoms with E-state index in [1.54, 1.807) is 53.8 Å².